The highest BCUT2D eigenvalue weighted by Crippen LogP contribution is 2.07. The lowest BCUT2D eigenvalue weighted by molar-refractivity contribution is 0.884. The Bertz CT molecular complexity index is 286. The van der Waals surface area contributed by atoms with Gasteiger partial charge in [0.1, 0.15) is 4.70 Å². The van der Waals surface area contributed by atoms with E-state index in [0.29, 0.717) is 5.65 Å². The number of rotatable bonds is 0. The van der Waals surface area contributed by atoms with Crippen molar-refractivity contribution in [3.05, 3.63) is 6.20 Å². The Labute approximate surface area is 53.9 Å². The summed E-state index contributed by atoms with van der Waals surface area (Å²) in [6.45, 7) is 0. The minimum atomic E-state index is 0.565. The Kier molecular flexibility index (Phi) is 0.863. The molecule has 2 aromatic rings. The quantitative estimate of drug-likeness (QED) is 0.509. The molecule has 0 bridgehead atoms. The Morgan fingerprint density at radius 2 is 2.33 bits per heavy atom. The molecular weight excluding hydrogens is 138 g/mol. The second-order valence-corrected chi connectivity index (χ2v) is 2.18. The Hall–Kier alpha value is -1.17. The Balaban J connectivity index is 2.95. The first kappa shape index (κ1) is 4.68. The molecule has 2 heterocycles. The van der Waals surface area contributed by atoms with E-state index in [1.165, 1.54) is 11.5 Å². The Morgan fingerprint density at radius 3 is 3.22 bits per heavy atom. The van der Waals surface area contributed by atoms with Crippen LogP contribution in [-0.4, -0.2) is 25.0 Å². The predicted octanol–water partition coefficient (Wildman–Crippen LogP) is -0.124. The molecule has 0 N–H and O–H groups in total. The van der Waals surface area contributed by atoms with Gasteiger partial charge in [-0.05, 0) is 16.7 Å². The maximum atomic E-state index is 3.67. The van der Waals surface area contributed by atoms with Gasteiger partial charge in [-0.15, -0.1) is 15.3 Å². The van der Waals surface area contributed by atoms with Gasteiger partial charge in [-0.1, -0.05) is 4.49 Å². The van der Waals surface area contributed by atoms with Crippen molar-refractivity contribution in [2.45, 2.75) is 0 Å². The normalized spacial score (nSPS) is 10.2. The number of aromatic nitrogens is 5. The molecule has 0 aliphatic heterocycles. The molecule has 0 saturated carbocycles. The van der Waals surface area contributed by atoms with Crippen LogP contribution in [0.2, 0.25) is 0 Å². The summed E-state index contributed by atoms with van der Waals surface area (Å²) >= 11 is 1.26. The molecule has 5 nitrogen and oxygen atoms in total. The molecule has 2 aromatic heterocycles. The molecule has 0 spiro atoms. The van der Waals surface area contributed by atoms with Crippen LogP contribution in [0.1, 0.15) is 0 Å². The third-order valence-corrected chi connectivity index (χ3v) is 1.51. The second kappa shape index (κ2) is 1.66. The van der Waals surface area contributed by atoms with Crippen molar-refractivity contribution < 1.29 is 0 Å². The highest BCUT2D eigenvalue weighted by molar-refractivity contribution is 7.12. The molecule has 6 heteroatoms. The summed E-state index contributed by atoms with van der Waals surface area (Å²) < 4.78 is 4.52. The van der Waals surface area contributed by atoms with Gasteiger partial charge >= 0.3 is 0 Å². The van der Waals surface area contributed by atoms with Gasteiger partial charge in [-0.3, -0.25) is 0 Å². The van der Waals surface area contributed by atoms with E-state index in [9.17, 15) is 0 Å². The fraction of sp³-hybridized carbons (Fsp3) is 0. The molecular formula is C3HN5S. The molecule has 0 fully saturated rings. The van der Waals surface area contributed by atoms with Gasteiger partial charge < -0.3 is 0 Å². The molecule has 0 saturated heterocycles. The molecule has 0 aliphatic rings. The first-order chi connectivity index (χ1) is 4.47. The fourth-order valence-corrected chi connectivity index (χ4v) is 0.954. The minimum Gasteiger partial charge on any atom is -0.137 e. The van der Waals surface area contributed by atoms with Crippen LogP contribution in [-0.2, 0) is 0 Å². The van der Waals surface area contributed by atoms with Crippen LogP contribution >= 0.6 is 11.5 Å². The van der Waals surface area contributed by atoms with E-state index >= 15 is 0 Å². The molecule has 2 rings (SSSR count). The number of fused-ring (bicyclic) bond motifs is 1. The van der Waals surface area contributed by atoms with E-state index < -0.39 is 0 Å². The zero-order chi connectivity index (χ0) is 6.10. The van der Waals surface area contributed by atoms with E-state index in [4.69, 9.17) is 0 Å². The van der Waals surface area contributed by atoms with Crippen molar-refractivity contribution in [2.24, 2.45) is 0 Å². The summed E-state index contributed by atoms with van der Waals surface area (Å²) in [4.78, 5) is 0. The zero-order valence-electron chi connectivity index (χ0n) is 4.22. The average Bonchev–Trinajstić information content (AvgIpc) is 2.33. The summed E-state index contributed by atoms with van der Waals surface area (Å²) in [5, 5.41) is 14.2. The third kappa shape index (κ3) is 0.636. The van der Waals surface area contributed by atoms with Crippen LogP contribution in [0.4, 0.5) is 0 Å². The number of hydrogen-bond donors (Lipinski definition) is 0. The minimum absolute atomic E-state index is 0.565. The number of hydrogen-bond acceptors (Lipinski definition) is 6. The Morgan fingerprint density at radius 1 is 1.33 bits per heavy atom. The first-order valence-electron chi connectivity index (χ1n) is 2.23. The molecule has 0 aromatic carbocycles. The molecule has 44 valence electrons. The van der Waals surface area contributed by atoms with Crippen molar-refractivity contribution in [3.63, 3.8) is 0 Å². The SMILES string of the molecule is c1nnnc2nnsc12. The zero-order valence-corrected chi connectivity index (χ0v) is 5.04. The average molecular weight is 139 g/mol. The van der Waals surface area contributed by atoms with Gasteiger partial charge in [0.05, 0.1) is 6.20 Å². The smallest absolute Gasteiger partial charge is 0.137 e. The van der Waals surface area contributed by atoms with Crippen molar-refractivity contribution in [2.75, 3.05) is 0 Å². The predicted molar refractivity (Wildman–Crippen MR) is 30.8 cm³/mol. The first-order valence-corrected chi connectivity index (χ1v) is 3.00. The van der Waals surface area contributed by atoms with E-state index in [0.717, 1.165) is 4.70 Å². The lowest BCUT2D eigenvalue weighted by Gasteiger charge is -1.75. The van der Waals surface area contributed by atoms with Crippen LogP contribution in [0.15, 0.2) is 6.20 Å². The van der Waals surface area contributed by atoms with Crippen LogP contribution < -0.4 is 0 Å². The summed E-state index contributed by atoms with van der Waals surface area (Å²) in [5.74, 6) is 0. The van der Waals surface area contributed by atoms with Gasteiger partial charge in [0.2, 0.25) is 5.65 Å². The number of nitrogens with zero attached hydrogens (tertiary/aromatic N) is 5. The summed E-state index contributed by atoms with van der Waals surface area (Å²) in [5.41, 5.74) is 0.565. The van der Waals surface area contributed by atoms with Gasteiger partial charge in [-0.25, -0.2) is 0 Å². The van der Waals surface area contributed by atoms with Gasteiger partial charge in [-0.2, -0.15) is 0 Å². The lowest BCUT2D eigenvalue weighted by Crippen LogP contribution is -1.83. The van der Waals surface area contributed by atoms with Gasteiger partial charge in [0.15, 0.2) is 0 Å². The summed E-state index contributed by atoms with van der Waals surface area (Å²) in [7, 11) is 0. The molecule has 0 amide bonds. The molecule has 0 unspecified atom stereocenters. The van der Waals surface area contributed by atoms with Gasteiger partial charge in [0.25, 0.3) is 0 Å². The third-order valence-electron chi connectivity index (χ3n) is 0.861. The monoisotopic (exact) mass is 139 g/mol. The van der Waals surface area contributed by atoms with Crippen molar-refractivity contribution in [1.29, 1.82) is 0 Å². The van der Waals surface area contributed by atoms with Crippen molar-refractivity contribution in [3.8, 4) is 0 Å². The maximum absolute atomic E-state index is 3.67. The highest BCUT2D eigenvalue weighted by Gasteiger charge is 1.95. The summed E-state index contributed by atoms with van der Waals surface area (Å²) in [6, 6.07) is 0. The largest absolute Gasteiger partial charge is 0.219 e. The lowest BCUT2D eigenvalue weighted by atomic mass is 10.7. The molecule has 0 radical (unpaired) electrons. The highest BCUT2D eigenvalue weighted by atomic mass is 32.1. The van der Waals surface area contributed by atoms with E-state index in [1.807, 2.05) is 0 Å². The van der Waals surface area contributed by atoms with Crippen LogP contribution in [0.3, 0.4) is 0 Å². The van der Waals surface area contributed by atoms with Crippen LogP contribution in [0.5, 0.6) is 0 Å². The van der Waals surface area contributed by atoms with Crippen LogP contribution in [0.25, 0.3) is 10.3 Å². The standard InChI is InChI=1S/C3HN5S/c1-2-3(5-7-4-1)6-8-9-2/h1H. The van der Waals surface area contributed by atoms with E-state index in [-0.39, 0.29) is 0 Å². The van der Waals surface area contributed by atoms with E-state index in [1.54, 1.807) is 6.20 Å². The molecule has 9 heavy (non-hydrogen) atoms. The second-order valence-electron chi connectivity index (χ2n) is 1.39. The van der Waals surface area contributed by atoms with Crippen molar-refractivity contribution in [1.82, 2.24) is 25.0 Å². The van der Waals surface area contributed by atoms with Gasteiger partial charge in [0, 0.05) is 0 Å². The summed E-state index contributed by atoms with van der Waals surface area (Å²) in [6.07, 6.45) is 1.59. The maximum Gasteiger partial charge on any atom is 0.219 e. The molecule has 0 aliphatic carbocycles. The van der Waals surface area contributed by atoms with Crippen molar-refractivity contribution >= 4 is 21.9 Å². The van der Waals surface area contributed by atoms with Crippen LogP contribution in [0, 0.1) is 0 Å². The van der Waals surface area contributed by atoms with E-state index in [2.05, 4.69) is 25.0 Å². The fourth-order valence-electron chi connectivity index (χ4n) is 0.490. The molecule has 0 atom stereocenters. The topological polar surface area (TPSA) is 64.5 Å².